The fraction of sp³-hybridized carbons (Fsp3) is 0.0833. The molecule has 0 aliphatic rings. The lowest BCUT2D eigenvalue weighted by Gasteiger charge is -2.05. The van der Waals surface area contributed by atoms with Crippen molar-refractivity contribution >= 4 is 17.6 Å². The number of halogens is 1. The average Bonchev–Trinajstić information content (AvgIpc) is 2.39. The number of nitrogens with two attached hydrogens (primary N) is 1. The molecule has 4 nitrogen and oxygen atoms in total. The van der Waals surface area contributed by atoms with E-state index in [0.717, 1.165) is 0 Å². The summed E-state index contributed by atoms with van der Waals surface area (Å²) in [5.74, 6) is 0.179. The second kappa shape index (κ2) is 5.47. The van der Waals surface area contributed by atoms with Crippen LogP contribution in [0, 0.1) is 17.1 Å². The second-order valence-electron chi connectivity index (χ2n) is 3.43. The quantitative estimate of drug-likeness (QED) is 0.857. The van der Waals surface area contributed by atoms with Crippen molar-refractivity contribution < 1.29 is 4.39 Å². The van der Waals surface area contributed by atoms with Crippen molar-refractivity contribution in [1.29, 1.82) is 5.26 Å². The number of benzene rings is 1. The molecule has 2 rings (SSSR count). The molecule has 90 valence electrons. The Bertz CT molecular complexity index is 609. The van der Waals surface area contributed by atoms with Crippen LogP contribution in [0.4, 0.5) is 10.2 Å². The summed E-state index contributed by atoms with van der Waals surface area (Å²) in [6.07, 6.45) is 3.02. The highest BCUT2D eigenvalue weighted by Gasteiger charge is 2.09. The fourth-order valence-electron chi connectivity index (χ4n) is 1.37. The van der Waals surface area contributed by atoms with Crippen LogP contribution in [0.15, 0.2) is 35.6 Å². The third kappa shape index (κ3) is 2.57. The van der Waals surface area contributed by atoms with Gasteiger partial charge in [0.2, 0.25) is 0 Å². The van der Waals surface area contributed by atoms with Crippen LogP contribution in [-0.4, -0.2) is 9.97 Å². The second-order valence-corrected chi connectivity index (χ2v) is 4.39. The van der Waals surface area contributed by atoms with Gasteiger partial charge in [-0.2, -0.15) is 5.26 Å². The zero-order valence-corrected chi connectivity index (χ0v) is 10.1. The van der Waals surface area contributed by atoms with E-state index in [-0.39, 0.29) is 5.56 Å². The van der Waals surface area contributed by atoms with Crippen LogP contribution in [0.3, 0.4) is 0 Å². The maximum Gasteiger partial charge on any atom is 0.156 e. The van der Waals surface area contributed by atoms with E-state index < -0.39 is 5.82 Å². The van der Waals surface area contributed by atoms with Gasteiger partial charge in [-0.25, -0.2) is 14.4 Å². The van der Waals surface area contributed by atoms with Crippen LogP contribution in [-0.2, 0) is 5.75 Å². The molecular formula is C12H9FN4S. The molecule has 1 aromatic heterocycles. The number of nitrogens with zero attached hydrogens (tertiary/aromatic N) is 3. The van der Waals surface area contributed by atoms with Crippen LogP contribution in [0.5, 0.6) is 0 Å². The first-order chi connectivity index (χ1) is 8.72. The molecule has 0 amide bonds. The molecular weight excluding hydrogens is 251 g/mol. The smallest absolute Gasteiger partial charge is 0.156 e. The fourth-order valence-corrected chi connectivity index (χ4v) is 2.22. The number of anilines is 1. The van der Waals surface area contributed by atoms with E-state index in [4.69, 9.17) is 11.0 Å². The zero-order valence-electron chi connectivity index (χ0n) is 9.30. The van der Waals surface area contributed by atoms with Gasteiger partial charge >= 0.3 is 0 Å². The molecule has 0 aliphatic carbocycles. The molecule has 0 atom stereocenters. The molecule has 2 N–H and O–H groups in total. The van der Waals surface area contributed by atoms with E-state index in [1.54, 1.807) is 12.1 Å². The first-order valence-electron chi connectivity index (χ1n) is 5.09. The summed E-state index contributed by atoms with van der Waals surface area (Å²) in [5.41, 5.74) is 6.13. The van der Waals surface area contributed by atoms with Gasteiger partial charge in [-0.05, 0) is 11.6 Å². The number of nitrogen functional groups attached to an aromatic ring is 1. The highest BCUT2D eigenvalue weighted by Crippen LogP contribution is 2.26. The SMILES string of the molecule is N#Cc1cccc(CSc2nccnc2N)c1F. The molecule has 0 spiro atoms. The summed E-state index contributed by atoms with van der Waals surface area (Å²) in [6, 6.07) is 6.54. The molecule has 0 saturated carbocycles. The molecule has 1 heterocycles. The van der Waals surface area contributed by atoms with Crippen molar-refractivity contribution in [1.82, 2.24) is 9.97 Å². The first-order valence-corrected chi connectivity index (χ1v) is 6.07. The lowest BCUT2D eigenvalue weighted by atomic mass is 10.1. The molecule has 18 heavy (non-hydrogen) atoms. The largest absolute Gasteiger partial charge is 0.381 e. The van der Waals surface area contributed by atoms with Crippen LogP contribution in [0.1, 0.15) is 11.1 Å². The van der Waals surface area contributed by atoms with Gasteiger partial charge in [-0.15, -0.1) is 0 Å². The topological polar surface area (TPSA) is 75.6 Å². The van der Waals surface area contributed by atoms with E-state index in [0.29, 0.717) is 22.2 Å². The number of rotatable bonds is 3. The predicted octanol–water partition coefficient (Wildman–Crippen LogP) is 2.36. The number of aromatic nitrogens is 2. The Labute approximate surface area is 108 Å². The van der Waals surface area contributed by atoms with Gasteiger partial charge in [0.05, 0.1) is 5.56 Å². The Morgan fingerprint density at radius 1 is 1.33 bits per heavy atom. The summed E-state index contributed by atoms with van der Waals surface area (Å²) >= 11 is 1.29. The van der Waals surface area contributed by atoms with E-state index >= 15 is 0 Å². The lowest BCUT2D eigenvalue weighted by molar-refractivity contribution is 0.613. The molecule has 0 radical (unpaired) electrons. The van der Waals surface area contributed by atoms with E-state index in [2.05, 4.69) is 9.97 Å². The molecule has 0 saturated heterocycles. The molecule has 1 aromatic carbocycles. The van der Waals surface area contributed by atoms with Gasteiger partial charge in [-0.1, -0.05) is 23.9 Å². The summed E-state index contributed by atoms with van der Waals surface area (Å²) < 4.78 is 13.8. The number of nitriles is 1. The summed E-state index contributed by atoms with van der Waals surface area (Å²) in [7, 11) is 0. The minimum Gasteiger partial charge on any atom is -0.381 e. The maximum absolute atomic E-state index is 13.8. The van der Waals surface area contributed by atoms with Gasteiger partial charge in [0.15, 0.2) is 5.82 Å². The molecule has 0 aliphatic heterocycles. The van der Waals surface area contributed by atoms with Crippen molar-refractivity contribution in [2.24, 2.45) is 0 Å². The Hall–Kier alpha value is -2.13. The van der Waals surface area contributed by atoms with Gasteiger partial charge in [0.1, 0.15) is 16.9 Å². The minimum atomic E-state index is -0.491. The maximum atomic E-state index is 13.8. The Morgan fingerprint density at radius 3 is 2.83 bits per heavy atom. The Balaban J connectivity index is 2.17. The highest BCUT2D eigenvalue weighted by atomic mass is 32.2. The van der Waals surface area contributed by atoms with Gasteiger partial charge in [0, 0.05) is 18.1 Å². The number of hydrogen-bond acceptors (Lipinski definition) is 5. The van der Waals surface area contributed by atoms with Gasteiger partial charge in [0.25, 0.3) is 0 Å². The normalized spacial score (nSPS) is 10.0. The van der Waals surface area contributed by atoms with E-state index in [1.165, 1.54) is 30.2 Å². The number of thioether (sulfide) groups is 1. The molecule has 6 heteroatoms. The molecule has 0 fully saturated rings. The third-order valence-corrected chi connectivity index (χ3v) is 3.30. The van der Waals surface area contributed by atoms with Crippen LogP contribution in [0.25, 0.3) is 0 Å². The van der Waals surface area contributed by atoms with Gasteiger partial charge < -0.3 is 5.73 Å². The van der Waals surface area contributed by atoms with Crippen LogP contribution >= 0.6 is 11.8 Å². The Kier molecular flexibility index (Phi) is 3.75. The first kappa shape index (κ1) is 12.3. The summed E-state index contributed by atoms with van der Waals surface area (Å²) in [4.78, 5) is 7.95. The summed E-state index contributed by atoms with van der Waals surface area (Å²) in [5, 5.41) is 9.29. The standard InChI is InChI=1S/C12H9FN4S/c13-10-8(6-14)2-1-3-9(10)7-18-12-11(15)16-4-5-17-12/h1-5H,7H2,(H2,15,16). The van der Waals surface area contributed by atoms with Gasteiger partial charge in [-0.3, -0.25) is 0 Å². The average molecular weight is 260 g/mol. The van der Waals surface area contributed by atoms with Crippen molar-refractivity contribution in [3.8, 4) is 6.07 Å². The van der Waals surface area contributed by atoms with Crippen molar-refractivity contribution in [2.75, 3.05) is 5.73 Å². The molecule has 0 bridgehead atoms. The molecule has 2 aromatic rings. The summed E-state index contributed by atoms with van der Waals surface area (Å²) in [6.45, 7) is 0. The molecule has 0 unspecified atom stereocenters. The van der Waals surface area contributed by atoms with Crippen LogP contribution in [0.2, 0.25) is 0 Å². The zero-order chi connectivity index (χ0) is 13.0. The number of hydrogen-bond donors (Lipinski definition) is 1. The monoisotopic (exact) mass is 260 g/mol. The van der Waals surface area contributed by atoms with Crippen molar-refractivity contribution in [3.63, 3.8) is 0 Å². The van der Waals surface area contributed by atoms with Crippen molar-refractivity contribution in [2.45, 2.75) is 10.8 Å². The van der Waals surface area contributed by atoms with Crippen LogP contribution < -0.4 is 5.73 Å². The lowest BCUT2D eigenvalue weighted by Crippen LogP contribution is -1.96. The van der Waals surface area contributed by atoms with Crippen molar-refractivity contribution in [3.05, 3.63) is 47.5 Å². The highest BCUT2D eigenvalue weighted by molar-refractivity contribution is 7.98. The van der Waals surface area contributed by atoms with E-state index in [1.807, 2.05) is 6.07 Å². The third-order valence-electron chi connectivity index (χ3n) is 2.25. The Morgan fingerprint density at radius 2 is 2.11 bits per heavy atom. The minimum absolute atomic E-state index is 0.0419. The predicted molar refractivity (Wildman–Crippen MR) is 67.1 cm³/mol. The van der Waals surface area contributed by atoms with E-state index in [9.17, 15) is 4.39 Å².